The highest BCUT2D eigenvalue weighted by molar-refractivity contribution is 5.70. The molecule has 2 aromatic heterocycles. The average molecular weight is 189 g/mol. The van der Waals surface area contributed by atoms with Crippen molar-refractivity contribution in [3.8, 4) is 11.5 Å². The van der Waals surface area contributed by atoms with Gasteiger partial charge >= 0.3 is 0 Å². The second-order valence-corrected chi connectivity index (χ2v) is 2.63. The highest BCUT2D eigenvalue weighted by Crippen LogP contribution is 2.08. The lowest BCUT2D eigenvalue weighted by Crippen LogP contribution is -1.96. The molecule has 0 aromatic carbocycles. The van der Waals surface area contributed by atoms with Crippen LogP contribution >= 0.6 is 0 Å². The van der Waals surface area contributed by atoms with Crippen molar-refractivity contribution in [3.05, 3.63) is 24.4 Å². The minimum absolute atomic E-state index is 0.269. The molecule has 0 radical (unpaired) electrons. The van der Waals surface area contributed by atoms with E-state index in [2.05, 4.69) is 20.1 Å². The van der Waals surface area contributed by atoms with E-state index in [1.807, 2.05) is 0 Å². The van der Waals surface area contributed by atoms with Gasteiger partial charge < -0.3 is 0 Å². The van der Waals surface area contributed by atoms with E-state index in [1.165, 1.54) is 4.68 Å². The lowest BCUT2D eigenvalue weighted by Gasteiger charge is -1.89. The van der Waals surface area contributed by atoms with E-state index in [-0.39, 0.29) is 5.82 Å². The minimum atomic E-state index is 0.269. The molecule has 70 valence electrons. The van der Waals surface area contributed by atoms with Crippen LogP contribution < -0.4 is 0 Å². The van der Waals surface area contributed by atoms with E-state index < -0.39 is 0 Å². The van der Waals surface area contributed by atoms with Gasteiger partial charge in [-0.15, -0.1) is 5.10 Å². The predicted octanol–water partition coefficient (Wildman–Crippen LogP) is 0.0846. The second-order valence-electron chi connectivity index (χ2n) is 2.63. The van der Waals surface area contributed by atoms with E-state index in [4.69, 9.17) is 0 Å². The van der Waals surface area contributed by atoms with Gasteiger partial charge in [0.15, 0.2) is 12.1 Å². The summed E-state index contributed by atoms with van der Waals surface area (Å²) in [5.74, 6) is 0.674. The zero-order valence-corrected chi connectivity index (χ0v) is 7.45. The first-order valence-corrected chi connectivity index (χ1v) is 3.94. The van der Waals surface area contributed by atoms with Crippen molar-refractivity contribution in [2.24, 2.45) is 7.05 Å². The summed E-state index contributed by atoms with van der Waals surface area (Å²) < 4.78 is 1.40. The Hall–Kier alpha value is -2.11. The molecule has 0 unspecified atom stereocenters. The molecule has 0 N–H and O–H groups in total. The molecule has 6 nitrogen and oxygen atoms in total. The van der Waals surface area contributed by atoms with E-state index in [1.54, 1.807) is 25.6 Å². The third-order valence-corrected chi connectivity index (χ3v) is 1.69. The molecule has 0 aliphatic rings. The molecule has 2 heterocycles. The first-order chi connectivity index (χ1) is 6.81. The molecule has 6 heteroatoms. The summed E-state index contributed by atoms with van der Waals surface area (Å²) in [6, 6.07) is 0. The smallest absolute Gasteiger partial charge is 0.202 e. The van der Waals surface area contributed by atoms with Crippen LogP contribution in [-0.2, 0) is 7.05 Å². The summed E-state index contributed by atoms with van der Waals surface area (Å²) in [4.78, 5) is 22.4. The highest BCUT2D eigenvalue weighted by Gasteiger charge is 2.08. The molecule has 0 aliphatic heterocycles. The fraction of sp³-hybridized carbons (Fsp3) is 0.125. The minimum Gasteiger partial charge on any atom is -0.294 e. The Morgan fingerprint density at radius 3 is 2.86 bits per heavy atom. The SMILES string of the molecule is Cn1nc(-c2cnccn2)nc1C=O. The monoisotopic (exact) mass is 189 g/mol. The Balaban J connectivity index is 2.48. The van der Waals surface area contributed by atoms with Gasteiger partial charge in [0.2, 0.25) is 5.82 Å². The van der Waals surface area contributed by atoms with Crippen LogP contribution in [0.4, 0.5) is 0 Å². The Labute approximate surface area is 79.6 Å². The van der Waals surface area contributed by atoms with Crippen LogP contribution in [0.2, 0.25) is 0 Å². The molecule has 0 atom stereocenters. The summed E-state index contributed by atoms with van der Waals surface area (Å²) in [6.07, 6.45) is 5.30. The maximum Gasteiger partial charge on any atom is 0.202 e. The van der Waals surface area contributed by atoms with Gasteiger partial charge in [-0.25, -0.2) is 14.6 Å². The third-order valence-electron chi connectivity index (χ3n) is 1.69. The Bertz CT molecular complexity index is 450. The quantitative estimate of drug-likeness (QED) is 0.625. The molecule has 2 rings (SSSR count). The van der Waals surface area contributed by atoms with E-state index >= 15 is 0 Å². The van der Waals surface area contributed by atoms with E-state index in [0.29, 0.717) is 17.8 Å². The van der Waals surface area contributed by atoms with Gasteiger partial charge in [-0.2, -0.15) is 0 Å². The molecule has 2 aromatic rings. The summed E-state index contributed by atoms with van der Waals surface area (Å²) >= 11 is 0. The van der Waals surface area contributed by atoms with Crippen LogP contribution in [0.5, 0.6) is 0 Å². The third kappa shape index (κ3) is 1.37. The molecule has 0 amide bonds. The number of carbonyl (C=O) groups is 1. The lowest BCUT2D eigenvalue weighted by molar-refractivity contribution is 0.111. The number of aldehydes is 1. The zero-order chi connectivity index (χ0) is 9.97. The molecule has 0 aliphatic carbocycles. The normalized spacial score (nSPS) is 10.1. The van der Waals surface area contributed by atoms with Crippen LogP contribution in [-0.4, -0.2) is 31.0 Å². The van der Waals surface area contributed by atoms with Crippen molar-refractivity contribution in [2.45, 2.75) is 0 Å². The predicted molar refractivity (Wildman–Crippen MR) is 47.4 cm³/mol. The molecule has 0 spiro atoms. The summed E-state index contributed by atoms with van der Waals surface area (Å²) in [7, 11) is 1.65. The molecule has 14 heavy (non-hydrogen) atoms. The van der Waals surface area contributed by atoms with Crippen LogP contribution in [0, 0.1) is 0 Å². The molecule has 0 saturated heterocycles. The Morgan fingerprint density at radius 1 is 1.43 bits per heavy atom. The van der Waals surface area contributed by atoms with Crippen molar-refractivity contribution < 1.29 is 4.79 Å². The highest BCUT2D eigenvalue weighted by atomic mass is 16.1. The fourth-order valence-corrected chi connectivity index (χ4v) is 1.02. The van der Waals surface area contributed by atoms with Gasteiger partial charge in [-0.3, -0.25) is 9.78 Å². The fourth-order valence-electron chi connectivity index (χ4n) is 1.02. The molecule has 0 bridgehead atoms. The lowest BCUT2D eigenvalue weighted by atomic mass is 10.4. The second kappa shape index (κ2) is 3.33. The summed E-state index contributed by atoms with van der Waals surface area (Å²) in [5.41, 5.74) is 0.552. The van der Waals surface area contributed by atoms with Crippen molar-refractivity contribution in [2.75, 3.05) is 0 Å². The number of rotatable bonds is 2. The van der Waals surface area contributed by atoms with Gasteiger partial charge in [0, 0.05) is 19.4 Å². The average Bonchev–Trinajstić information content (AvgIpc) is 2.61. The van der Waals surface area contributed by atoms with Gasteiger partial charge in [0.1, 0.15) is 5.69 Å². The largest absolute Gasteiger partial charge is 0.294 e. The summed E-state index contributed by atoms with van der Waals surface area (Å²) in [6.45, 7) is 0. The summed E-state index contributed by atoms with van der Waals surface area (Å²) in [5, 5.41) is 4.02. The van der Waals surface area contributed by atoms with E-state index in [0.717, 1.165) is 0 Å². The zero-order valence-electron chi connectivity index (χ0n) is 7.45. The van der Waals surface area contributed by atoms with Crippen molar-refractivity contribution in [1.29, 1.82) is 0 Å². The topological polar surface area (TPSA) is 73.6 Å². The van der Waals surface area contributed by atoms with E-state index in [9.17, 15) is 4.79 Å². The number of nitrogens with zero attached hydrogens (tertiary/aromatic N) is 5. The van der Waals surface area contributed by atoms with Crippen LogP contribution in [0.25, 0.3) is 11.5 Å². The van der Waals surface area contributed by atoms with Crippen molar-refractivity contribution >= 4 is 6.29 Å². The Morgan fingerprint density at radius 2 is 2.29 bits per heavy atom. The Kier molecular flexibility index (Phi) is 2.02. The molecular weight excluding hydrogens is 182 g/mol. The van der Waals surface area contributed by atoms with Crippen molar-refractivity contribution in [3.63, 3.8) is 0 Å². The maximum atomic E-state index is 10.5. The first kappa shape index (κ1) is 8.49. The maximum absolute atomic E-state index is 10.5. The first-order valence-electron chi connectivity index (χ1n) is 3.94. The van der Waals surface area contributed by atoms with Gasteiger partial charge in [-0.1, -0.05) is 0 Å². The number of aryl methyl sites for hydroxylation is 1. The molecule has 0 fully saturated rings. The van der Waals surface area contributed by atoms with Gasteiger partial charge in [-0.05, 0) is 0 Å². The molecule has 0 saturated carbocycles. The van der Waals surface area contributed by atoms with Crippen molar-refractivity contribution in [1.82, 2.24) is 24.7 Å². The molecular formula is C8H7N5O. The standard InChI is InChI=1S/C8H7N5O/c1-13-7(5-14)11-8(12-13)6-4-9-2-3-10-6/h2-5H,1H3. The van der Waals surface area contributed by atoms with Gasteiger partial charge in [0.25, 0.3) is 0 Å². The van der Waals surface area contributed by atoms with Crippen LogP contribution in [0.15, 0.2) is 18.6 Å². The number of hydrogen-bond acceptors (Lipinski definition) is 5. The number of carbonyl (C=O) groups excluding carboxylic acids is 1. The van der Waals surface area contributed by atoms with Crippen LogP contribution in [0.3, 0.4) is 0 Å². The van der Waals surface area contributed by atoms with Crippen LogP contribution in [0.1, 0.15) is 10.6 Å². The number of hydrogen-bond donors (Lipinski definition) is 0. The number of aromatic nitrogens is 5. The van der Waals surface area contributed by atoms with Gasteiger partial charge in [0.05, 0.1) is 6.20 Å².